The fourth-order valence-corrected chi connectivity index (χ4v) is 1.56. The van der Waals surface area contributed by atoms with Gasteiger partial charge in [-0.25, -0.2) is 4.98 Å². The maximum atomic E-state index is 10.4. The summed E-state index contributed by atoms with van der Waals surface area (Å²) in [6.07, 6.45) is 1.59. The second kappa shape index (κ2) is 4.33. The Kier molecular flexibility index (Phi) is 3.37. The molecule has 0 aliphatic rings. The standard InChI is InChI=1S/C7H7ClN2OS/c8-7-5(2-1-3-10-7)12-4-6(9)11/h1-3H,4H2,(H2,9,11). The van der Waals surface area contributed by atoms with Crippen LogP contribution in [0.25, 0.3) is 0 Å². The van der Waals surface area contributed by atoms with Crippen LogP contribution in [0.15, 0.2) is 23.2 Å². The van der Waals surface area contributed by atoms with Crippen molar-refractivity contribution in [1.29, 1.82) is 0 Å². The lowest BCUT2D eigenvalue weighted by atomic mass is 10.5. The molecular formula is C7H7ClN2OS. The SMILES string of the molecule is NC(=O)CSc1cccnc1Cl. The van der Waals surface area contributed by atoms with Crippen molar-refractivity contribution in [2.75, 3.05) is 5.75 Å². The molecule has 0 saturated heterocycles. The molecule has 1 rings (SSSR count). The summed E-state index contributed by atoms with van der Waals surface area (Å²) in [4.78, 5) is 15.0. The van der Waals surface area contributed by atoms with Gasteiger partial charge in [0, 0.05) is 11.1 Å². The van der Waals surface area contributed by atoms with Gasteiger partial charge in [-0.1, -0.05) is 11.6 Å². The molecule has 0 aliphatic heterocycles. The van der Waals surface area contributed by atoms with Crippen molar-refractivity contribution in [3.8, 4) is 0 Å². The molecule has 3 nitrogen and oxygen atoms in total. The van der Waals surface area contributed by atoms with E-state index >= 15 is 0 Å². The summed E-state index contributed by atoms with van der Waals surface area (Å²) in [6.45, 7) is 0. The van der Waals surface area contributed by atoms with Crippen LogP contribution in [-0.2, 0) is 4.79 Å². The first kappa shape index (κ1) is 9.35. The van der Waals surface area contributed by atoms with E-state index in [-0.39, 0.29) is 11.7 Å². The Balaban J connectivity index is 2.63. The van der Waals surface area contributed by atoms with Gasteiger partial charge in [-0.3, -0.25) is 4.79 Å². The second-order valence-corrected chi connectivity index (χ2v) is 3.42. The summed E-state index contributed by atoms with van der Waals surface area (Å²) in [7, 11) is 0. The third kappa shape index (κ3) is 2.71. The Morgan fingerprint density at radius 2 is 2.50 bits per heavy atom. The van der Waals surface area contributed by atoms with Crippen molar-refractivity contribution >= 4 is 29.3 Å². The van der Waals surface area contributed by atoms with Crippen LogP contribution in [-0.4, -0.2) is 16.6 Å². The van der Waals surface area contributed by atoms with E-state index in [0.717, 1.165) is 4.90 Å². The Labute approximate surface area is 79.3 Å². The van der Waals surface area contributed by atoms with Crippen LogP contribution in [0.5, 0.6) is 0 Å². The highest BCUT2D eigenvalue weighted by molar-refractivity contribution is 8.00. The predicted octanol–water partition coefficient (Wildman–Crippen LogP) is 1.31. The number of aromatic nitrogens is 1. The molecule has 2 N–H and O–H groups in total. The first-order valence-corrected chi connectivity index (χ1v) is 4.58. The minimum atomic E-state index is -0.361. The number of carbonyl (C=O) groups is 1. The lowest BCUT2D eigenvalue weighted by molar-refractivity contribution is -0.115. The number of carbonyl (C=O) groups excluding carboxylic acids is 1. The topological polar surface area (TPSA) is 56.0 Å². The molecule has 12 heavy (non-hydrogen) atoms. The van der Waals surface area contributed by atoms with Gasteiger partial charge in [0.05, 0.1) is 5.75 Å². The van der Waals surface area contributed by atoms with E-state index in [9.17, 15) is 4.79 Å². The third-order valence-corrected chi connectivity index (χ3v) is 2.58. The molecule has 0 saturated carbocycles. The number of halogens is 1. The summed E-state index contributed by atoms with van der Waals surface area (Å²) >= 11 is 7.01. The number of hydrogen-bond donors (Lipinski definition) is 1. The third-order valence-electron chi connectivity index (χ3n) is 1.09. The van der Waals surface area contributed by atoms with E-state index in [1.54, 1.807) is 18.3 Å². The monoisotopic (exact) mass is 202 g/mol. The van der Waals surface area contributed by atoms with Crippen molar-refractivity contribution in [3.63, 3.8) is 0 Å². The molecule has 0 radical (unpaired) electrons. The molecule has 1 aromatic heterocycles. The average Bonchev–Trinajstić information content (AvgIpc) is 2.03. The molecule has 0 unspecified atom stereocenters. The lowest BCUT2D eigenvalue weighted by Gasteiger charge is -1.99. The quantitative estimate of drug-likeness (QED) is 0.594. The van der Waals surface area contributed by atoms with Gasteiger partial charge < -0.3 is 5.73 Å². The van der Waals surface area contributed by atoms with Crippen molar-refractivity contribution in [2.24, 2.45) is 5.73 Å². The Morgan fingerprint density at radius 1 is 1.75 bits per heavy atom. The molecule has 64 valence electrons. The highest BCUT2D eigenvalue weighted by Crippen LogP contribution is 2.23. The number of amides is 1. The fourth-order valence-electron chi connectivity index (χ4n) is 0.628. The zero-order valence-corrected chi connectivity index (χ0v) is 7.73. The smallest absolute Gasteiger partial charge is 0.227 e. The van der Waals surface area contributed by atoms with Crippen LogP contribution in [0, 0.1) is 0 Å². The van der Waals surface area contributed by atoms with Crippen LogP contribution >= 0.6 is 23.4 Å². The van der Waals surface area contributed by atoms with Crippen LogP contribution < -0.4 is 5.73 Å². The van der Waals surface area contributed by atoms with Crippen LogP contribution in [0.1, 0.15) is 0 Å². The number of nitrogens with two attached hydrogens (primary N) is 1. The van der Waals surface area contributed by atoms with Gasteiger partial charge in [0.15, 0.2) is 0 Å². The Hall–Kier alpha value is -0.740. The number of thioether (sulfide) groups is 1. The molecule has 0 atom stereocenters. The molecule has 0 fully saturated rings. The van der Waals surface area contributed by atoms with E-state index in [1.807, 2.05) is 0 Å². The minimum absolute atomic E-state index is 0.228. The molecule has 5 heteroatoms. The number of rotatable bonds is 3. The molecule has 0 aromatic carbocycles. The summed E-state index contributed by atoms with van der Waals surface area (Å²) in [5.41, 5.74) is 4.97. The first-order chi connectivity index (χ1) is 5.70. The lowest BCUT2D eigenvalue weighted by Crippen LogP contribution is -2.12. The van der Waals surface area contributed by atoms with Crippen LogP contribution in [0.4, 0.5) is 0 Å². The minimum Gasteiger partial charge on any atom is -0.369 e. The van der Waals surface area contributed by atoms with Gasteiger partial charge in [-0.2, -0.15) is 0 Å². The zero-order valence-electron chi connectivity index (χ0n) is 6.16. The van der Waals surface area contributed by atoms with E-state index in [0.29, 0.717) is 5.15 Å². The van der Waals surface area contributed by atoms with Gasteiger partial charge in [-0.15, -0.1) is 11.8 Å². The first-order valence-electron chi connectivity index (χ1n) is 3.22. The van der Waals surface area contributed by atoms with Crippen molar-refractivity contribution in [2.45, 2.75) is 4.90 Å². The number of primary amides is 1. The highest BCUT2D eigenvalue weighted by Gasteiger charge is 2.02. The van der Waals surface area contributed by atoms with E-state index < -0.39 is 0 Å². The van der Waals surface area contributed by atoms with Crippen LogP contribution in [0.3, 0.4) is 0 Å². The molecule has 1 aromatic rings. The van der Waals surface area contributed by atoms with Gasteiger partial charge in [-0.05, 0) is 12.1 Å². The zero-order chi connectivity index (χ0) is 8.97. The summed E-state index contributed by atoms with van der Waals surface area (Å²) in [6, 6.07) is 3.55. The van der Waals surface area contributed by atoms with Gasteiger partial charge in [0.25, 0.3) is 0 Å². The Bertz CT molecular complexity index is 292. The number of hydrogen-bond acceptors (Lipinski definition) is 3. The average molecular weight is 203 g/mol. The van der Waals surface area contributed by atoms with Crippen LogP contribution in [0.2, 0.25) is 5.15 Å². The molecule has 1 heterocycles. The largest absolute Gasteiger partial charge is 0.369 e. The van der Waals surface area contributed by atoms with Crippen molar-refractivity contribution < 1.29 is 4.79 Å². The molecule has 1 amide bonds. The van der Waals surface area contributed by atoms with E-state index in [1.165, 1.54) is 11.8 Å². The maximum absolute atomic E-state index is 10.4. The summed E-state index contributed by atoms with van der Waals surface area (Å²) in [5, 5.41) is 0.406. The molecule has 0 spiro atoms. The summed E-state index contributed by atoms with van der Waals surface area (Å²) < 4.78 is 0. The predicted molar refractivity (Wildman–Crippen MR) is 49.2 cm³/mol. The molecule has 0 aliphatic carbocycles. The van der Waals surface area contributed by atoms with Gasteiger partial charge >= 0.3 is 0 Å². The Morgan fingerprint density at radius 3 is 3.08 bits per heavy atom. The van der Waals surface area contributed by atoms with Crippen molar-refractivity contribution in [1.82, 2.24) is 4.98 Å². The molecular weight excluding hydrogens is 196 g/mol. The van der Waals surface area contributed by atoms with Gasteiger partial charge in [0.1, 0.15) is 5.15 Å². The molecule has 0 bridgehead atoms. The number of pyridine rings is 1. The number of nitrogens with zero attached hydrogens (tertiary/aromatic N) is 1. The second-order valence-electron chi connectivity index (χ2n) is 2.05. The van der Waals surface area contributed by atoms with Crippen molar-refractivity contribution in [3.05, 3.63) is 23.5 Å². The van der Waals surface area contributed by atoms with E-state index in [4.69, 9.17) is 17.3 Å². The van der Waals surface area contributed by atoms with Gasteiger partial charge in [0.2, 0.25) is 5.91 Å². The highest BCUT2D eigenvalue weighted by atomic mass is 35.5. The summed E-state index contributed by atoms with van der Waals surface area (Å²) in [5.74, 6) is -0.134. The normalized spacial score (nSPS) is 9.75. The fraction of sp³-hybridized carbons (Fsp3) is 0.143. The maximum Gasteiger partial charge on any atom is 0.227 e. The van der Waals surface area contributed by atoms with E-state index in [2.05, 4.69) is 4.98 Å².